The molecule has 0 fully saturated rings. The van der Waals surface area contributed by atoms with E-state index in [-0.39, 0.29) is 56.3 Å². The third-order valence-electron chi connectivity index (χ3n) is 3.98. The summed E-state index contributed by atoms with van der Waals surface area (Å²) >= 11 is 0. The van der Waals surface area contributed by atoms with Crippen LogP contribution in [-0.2, 0) is 23.0 Å². The van der Waals surface area contributed by atoms with Crippen LogP contribution >= 0.6 is 0 Å². The van der Waals surface area contributed by atoms with E-state index in [4.69, 9.17) is 0 Å². The molecule has 120 valence electrons. The van der Waals surface area contributed by atoms with Crippen LogP contribution in [0.25, 0.3) is 10.8 Å². The number of fused-ring (bicyclic) bond motifs is 1. The van der Waals surface area contributed by atoms with Gasteiger partial charge in [0, 0.05) is 0 Å². The van der Waals surface area contributed by atoms with Crippen molar-refractivity contribution in [3.63, 3.8) is 0 Å². The third-order valence-corrected chi connectivity index (χ3v) is 4.81. The zero-order valence-corrected chi connectivity index (χ0v) is 18.2. The number of rotatable bonds is 7. The fraction of sp³-hybridized carbons (Fsp3) is 0.444. The van der Waals surface area contributed by atoms with Gasteiger partial charge >= 0.3 is 51.4 Å². The smallest absolute Gasteiger partial charge is 0.744 e. The zero-order chi connectivity index (χ0) is 16.2. The van der Waals surface area contributed by atoms with Crippen molar-refractivity contribution in [2.45, 2.75) is 57.3 Å². The van der Waals surface area contributed by atoms with E-state index < -0.39 is 10.1 Å². The van der Waals surface area contributed by atoms with Crippen molar-refractivity contribution in [3.8, 4) is 0 Å². The molecule has 2 aromatic carbocycles. The Balaban J connectivity index is 0.00000264. The second kappa shape index (κ2) is 9.66. The second-order valence-corrected chi connectivity index (χ2v) is 7.18. The van der Waals surface area contributed by atoms with E-state index in [1.807, 2.05) is 0 Å². The van der Waals surface area contributed by atoms with Crippen LogP contribution in [0, 0.1) is 0 Å². The van der Waals surface area contributed by atoms with E-state index in [1.54, 1.807) is 6.07 Å². The van der Waals surface area contributed by atoms with Crippen molar-refractivity contribution < 1.29 is 64.4 Å². The SMILES string of the molecule is CCCCc1cc(CCCC)c2cc(S(=O)(=O)[O-])ccc2c1.[K+]. The average molecular weight is 359 g/mol. The van der Waals surface area contributed by atoms with Crippen LogP contribution in [0.1, 0.15) is 50.7 Å². The standard InChI is InChI=1S/C18H24O3S.K/c1-3-5-7-14-11-15(8-6-4-2)18-13-17(22(19,20)21)10-9-16(18)12-14;/h9-13H,3-8H2,1-2H3,(H,19,20,21);/q;+1/p-1. The molecule has 0 aliphatic rings. The first-order chi connectivity index (χ1) is 10.5. The fourth-order valence-electron chi connectivity index (χ4n) is 2.74. The van der Waals surface area contributed by atoms with Gasteiger partial charge in [0.25, 0.3) is 0 Å². The molecule has 0 aliphatic carbocycles. The predicted octanol–water partition coefficient (Wildman–Crippen LogP) is 1.43. The molecular weight excluding hydrogens is 335 g/mol. The van der Waals surface area contributed by atoms with Gasteiger partial charge in [-0.05, 0) is 59.7 Å². The number of hydrogen-bond donors (Lipinski definition) is 0. The van der Waals surface area contributed by atoms with E-state index in [9.17, 15) is 13.0 Å². The van der Waals surface area contributed by atoms with Crippen LogP contribution in [0.2, 0.25) is 0 Å². The molecule has 5 heteroatoms. The van der Waals surface area contributed by atoms with Crippen molar-refractivity contribution in [2.75, 3.05) is 0 Å². The van der Waals surface area contributed by atoms with E-state index in [0.717, 1.165) is 54.9 Å². The first-order valence-electron chi connectivity index (χ1n) is 7.97. The quantitative estimate of drug-likeness (QED) is 0.556. The Morgan fingerprint density at radius 1 is 0.957 bits per heavy atom. The molecule has 0 amide bonds. The minimum absolute atomic E-state index is 0. The number of aryl methyl sites for hydroxylation is 2. The molecule has 0 radical (unpaired) electrons. The maximum Gasteiger partial charge on any atom is 1.00 e. The summed E-state index contributed by atoms with van der Waals surface area (Å²) in [6.07, 6.45) is 6.38. The van der Waals surface area contributed by atoms with E-state index in [1.165, 1.54) is 17.7 Å². The average Bonchev–Trinajstić information content (AvgIpc) is 2.49. The maximum atomic E-state index is 11.3. The van der Waals surface area contributed by atoms with E-state index in [0.29, 0.717) is 0 Å². The Labute approximate surface area is 182 Å². The fourth-order valence-corrected chi connectivity index (χ4v) is 3.23. The monoisotopic (exact) mass is 358 g/mol. The Morgan fingerprint density at radius 2 is 1.61 bits per heavy atom. The largest absolute Gasteiger partial charge is 1.00 e. The van der Waals surface area contributed by atoms with Gasteiger partial charge in [0.15, 0.2) is 0 Å². The second-order valence-electron chi connectivity index (χ2n) is 5.80. The van der Waals surface area contributed by atoms with Gasteiger partial charge in [0.2, 0.25) is 0 Å². The topological polar surface area (TPSA) is 57.2 Å². The normalized spacial score (nSPS) is 11.4. The molecule has 0 saturated heterocycles. The molecule has 0 aromatic heterocycles. The molecule has 0 heterocycles. The minimum atomic E-state index is -4.41. The first-order valence-corrected chi connectivity index (χ1v) is 9.38. The molecule has 23 heavy (non-hydrogen) atoms. The van der Waals surface area contributed by atoms with Gasteiger partial charge in [-0.15, -0.1) is 0 Å². The summed E-state index contributed by atoms with van der Waals surface area (Å²) in [6.45, 7) is 4.31. The Bertz CT molecular complexity index is 754. The molecule has 2 rings (SSSR count). The maximum absolute atomic E-state index is 11.3. The summed E-state index contributed by atoms with van der Waals surface area (Å²) in [5.41, 5.74) is 2.44. The van der Waals surface area contributed by atoms with Gasteiger partial charge in [0.1, 0.15) is 10.1 Å². The van der Waals surface area contributed by atoms with Crippen LogP contribution in [0.5, 0.6) is 0 Å². The summed E-state index contributed by atoms with van der Waals surface area (Å²) in [5, 5.41) is 1.91. The van der Waals surface area contributed by atoms with Crippen molar-refractivity contribution in [1.82, 2.24) is 0 Å². The number of unbranched alkanes of at least 4 members (excludes halogenated alkanes) is 2. The summed E-state index contributed by atoms with van der Waals surface area (Å²) in [5.74, 6) is 0. The number of hydrogen-bond acceptors (Lipinski definition) is 3. The molecule has 0 aliphatic heterocycles. The van der Waals surface area contributed by atoms with Crippen LogP contribution in [-0.4, -0.2) is 13.0 Å². The van der Waals surface area contributed by atoms with Crippen LogP contribution in [0.4, 0.5) is 0 Å². The Morgan fingerprint density at radius 3 is 2.22 bits per heavy atom. The molecule has 0 N–H and O–H groups in total. The molecule has 0 bridgehead atoms. The Kier molecular flexibility index (Phi) is 8.94. The van der Waals surface area contributed by atoms with E-state index >= 15 is 0 Å². The summed E-state index contributed by atoms with van der Waals surface area (Å²) in [7, 11) is -4.41. The molecule has 2 aromatic rings. The van der Waals surface area contributed by atoms with E-state index in [2.05, 4.69) is 26.0 Å². The van der Waals surface area contributed by atoms with Gasteiger partial charge in [-0.25, -0.2) is 8.42 Å². The third kappa shape index (κ3) is 5.92. The predicted molar refractivity (Wildman–Crippen MR) is 89.1 cm³/mol. The van der Waals surface area contributed by atoms with Crippen LogP contribution in [0.3, 0.4) is 0 Å². The van der Waals surface area contributed by atoms with Crippen molar-refractivity contribution >= 4 is 20.9 Å². The molecule has 0 saturated carbocycles. The summed E-state index contributed by atoms with van der Waals surface area (Å²) in [6, 6.07) is 8.99. The molecule has 0 spiro atoms. The van der Waals surface area contributed by atoms with Crippen LogP contribution < -0.4 is 51.4 Å². The summed E-state index contributed by atoms with van der Waals surface area (Å²) in [4.78, 5) is -0.140. The van der Waals surface area contributed by atoms with Gasteiger partial charge in [0.05, 0.1) is 4.90 Å². The molecular formula is C18H23KO3S. The van der Waals surface area contributed by atoms with Gasteiger partial charge in [-0.3, -0.25) is 0 Å². The van der Waals surface area contributed by atoms with Crippen LogP contribution in [0.15, 0.2) is 35.2 Å². The molecule has 0 unspecified atom stereocenters. The van der Waals surface area contributed by atoms with Gasteiger partial charge in [-0.1, -0.05) is 44.9 Å². The molecule has 0 atom stereocenters. The van der Waals surface area contributed by atoms with Crippen molar-refractivity contribution in [1.29, 1.82) is 0 Å². The zero-order valence-electron chi connectivity index (χ0n) is 14.3. The first kappa shape index (κ1) is 21.3. The minimum Gasteiger partial charge on any atom is -0.744 e. The van der Waals surface area contributed by atoms with Gasteiger partial charge in [-0.2, -0.15) is 0 Å². The van der Waals surface area contributed by atoms with Gasteiger partial charge < -0.3 is 4.55 Å². The summed E-state index contributed by atoms with van der Waals surface area (Å²) < 4.78 is 33.8. The molecule has 3 nitrogen and oxygen atoms in total. The van der Waals surface area contributed by atoms with Crippen molar-refractivity contribution in [3.05, 3.63) is 41.5 Å². The number of benzene rings is 2. The Hall–Kier alpha value is 0.246. The van der Waals surface area contributed by atoms with Crippen molar-refractivity contribution in [2.24, 2.45) is 0 Å².